The van der Waals surface area contributed by atoms with Gasteiger partial charge in [-0.2, -0.15) is 0 Å². The van der Waals surface area contributed by atoms with E-state index in [0.29, 0.717) is 17.8 Å². The Morgan fingerprint density at radius 1 is 1.43 bits per heavy atom. The Hall–Kier alpha value is -1.35. The van der Waals surface area contributed by atoms with Crippen molar-refractivity contribution in [1.82, 2.24) is 9.59 Å². The van der Waals surface area contributed by atoms with Gasteiger partial charge in [0.1, 0.15) is 4.88 Å². The number of sulfone groups is 1. The fourth-order valence-electron chi connectivity index (χ4n) is 0.633. The van der Waals surface area contributed by atoms with Gasteiger partial charge in [-0.05, 0) is 11.5 Å². The standard InChI is InChI=1S/C5H4N2O5S2/c1-14(11,12)5(10)3-2(4(8)9)6-7-13-3/h1H3,(H,8,9). The Morgan fingerprint density at radius 3 is 2.43 bits per heavy atom. The van der Waals surface area contributed by atoms with E-state index in [1.165, 1.54) is 0 Å². The Morgan fingerprint density at radius 2 is 2.00 bits per heavy atom. The van der Waals surface area contributed by atoms with Crippen molar-refractivity contribution < 1.29 is 23.1 Å². The van der Waals surface area contributed by atoms with Crippen LogP contribution in [0.4, 0.5) is 0 Å². The average molecular weight is 236 g/mol. The third kappa shape index (κ3) is 1.93. The number of carboxylic acid groups (broad SMARTS) is 1. The van der Waals surface area contributed by atoms with E-state index in [0.717, 1.165) is 0 Å². The fourth-order valence-corrected chi connectivity index (χ4v) is 2.13. The summed E-state index contributed by atoms with van der Waals surface area (Å²) in [6.45, 7) is 0. The van der Waals surface area contributed by atoms with Crippen LogP contribution >= 0.6 is 11.5 Å². The molecule has 0 saturated carbocycles. The van der Waals surface area contributed by atoms with Gasteiger partial charge in [-0.1, -0.05) is 4.49 Å². The Bertz CT molecular complexity index is 488. The molecule has 1 aromatic rings. The third-order valence-corrected chi connectivity index (χ3v) is 2.94. The van der Waals surface area contributed by atoms with Gasteiger partial charge in [0, 0.05) is 6.26 Å². The highest BCUT2D eigenvalue weighted by Crippen LogP contribution is 2.13. The van der Waals surface area contributed by atoms with Crippen molar-refractivity contribution in [3.63, 3.8) is 0 Å². The van der Waals surface area contributed by atoms with Crippen molar-refractivity contribution in [3.05, 3.63) is 10.6 Å². The van der Waals surface area contributed by atoms with E-state index < -0.39 is 31.5 Å². The molecule has 9 heteroatoms. The van der Waals surface area contributed by atoms with Gasteiger partial charge >= 0.3 is 5.97 Å². The summed E-state index contributed by atoms with van der Waals surface area (Å²) in [5.74, 6) is -1.48. The minimum atomic E-state index is -3.95. The van der Waals surface area contributed by atoms with E-state index >= 15 is 0 Å². The van der Waals surface area contributed by atoms with Gasteiger partial charge in [-0.25, -0.2) is 13.2 Å². The molecule has 0 radical (unpaired) electrons. The first-order valence-corrected chi connectivity index (χ1v) is 5.80. The number of rotatable bonds is 2. The quantitative estimate of drug-likeness (QED) is 0.730. The summed E-state index contributed by atoms with van der Waals surface area (Å²) in [7, 11) is -3.95. The van der Waals surface area contributed by atoms with Crippen LogP contribution in [0, 0.1) is 0 Å². The molecular weight excluding hydrogens is 232 g/mol. The lowest BCUT2D eigenvalue weighted by molar-refractivity contribution is 0.0687. The average Bonchev–Trinajstić information content (AvgIpc) is 2.48. The van der Waals surface area contributed by atoms with E-state index in [2.05, 4.69) is 9.59 Å². The SMILES string of the molecule is CS(=O)(=O)C(=O)c1snnc1C(=O)O. The zero-order valence-electron chi connectivity index (χ0n) is 6.79. The largest absolute Gasteiger partial charge is 0.476 e. The first-order chi connectivity index (χ1) is 6.34. The van der Waals surface area contributed by atoms with Gasteiger partial charge in [0.15, 0.2) is 5.69 Å². The number of aromatic nitrogens is 2. The number of carbonyl (C=O) groups excluding carboxylic acids is 1. The molecule has 0 bridgehead atoms. The van der Waals surface area contributed by atoms with Crippen molar-refractivity contribution in [2.75, 3.05) is 6.26 Å². The lowest BCUT2D eigenvalue weighted by Gasteiger charge is -1.93. The molecule has 0 atom stereocenters. The second-order valence-electron chi connectivity index (χ2n) is 2.32. The number of hydrogen-bond donors (Lipinski definition) is 1. The van der Waals surface area contributed by atoms with Gasteiger partial charge in [-0.15, -0.1) is 5.10 Å². The molecule has 1 aromatic heterocycles. The van der Waals surface area contributed by atoms with Crippen LogP contribution in [0.3, 0.4) is 0 Å². The molecule has 7 nitrogen and oxygen atoms in total. The van der Waals surface area contributed by atoms with Crippen molar-refractivity contribution in [3.8, 4) is 0 Å². The van der Waals surface area contributed by atoms with E-state index in [1.807, 2.05) is 0 Å². The van der Waals surface area contributed by atoms with Gasteiger partial charge < -0.3 is 5.11 Å². The number of carbonyl (C=O) groups is 2. The molecule has 0 aliphatic rings. The summed E-state index contributed by atoms with van der Waals surface area (Å²) in [4.78, 5) is 21.1. The summed E-state index contributed by atoms with van der Waals surface area (Å²) in [6, 6.07) is 0. The predicted octanol–water partition coefficient (Wildman–Crippen LogP) is -0.579. The smallest absolute Gasteiger partial charge is 0.358 e. The molecule has 0 fully saturated rings. The Balaban J connectivity index is 3.28. The van der Waals surface area contributed by atoms with Gasteiger partial charge in [0.2, 0.25) is 9.84 Å². The van der Waals surface area contributed by atoms with Crippen molar-refractivity contribution in [1.29, 1.82) is 0 Å². The zero-order chi connectivity index (χ0) is 10.9. The number of hydrogen-bond acceptors (Lipinski definition) is 7. The second-order valence-corrected chi connectivity index (χ2v) is 4.98. The van der Waals surface area contributed by atoms with E-state index in [4.69, 9.17) is 5.11 Å². The van der Waals surface area contributed by atoms with Crippen LogP contribution in [0.25, 0.3) is 0 Å². The van der Waals surface area contributed by atoms with Crippen molar-refractivity contribution in [2.45, 2.75) is 0 Å². The van der Waals surface area contributed by atoms with E-state index in [9.17, 15) is 18.0 Å². The maximum absolute atomic E-state index is 11.1. The molecular formula is C5H4N2O5S2. The molecule has 76 valence electrons. The predicted molar refractivity (Wildman–Crippen MR) is 46.0 cm³/mol. The first kappa shape index (κ1) is 10.7. The van der Waals surface area contributed by atoms with Gasteiger partial charge in [-0.3, -0.25) is 4.79 Å². The van der Waals surface area contributed by atoms with Crippen LogP contribution in [0.5, 0.6) is 0 Å². The summed E-state index contributed by atoms with van der Waals surface area (Å²) in [5, 5.41) is 10.4. The molecule has 0 aromatic carbocycles. The van der Waals surface area contributed by atoms with Gasteiger partial charge in [0.25, 0.3) is 5.12 Å². The molecule has 0 aliphatic carbocycles. The number of carboxylic acids is 1. The first-order valence-electron chi connectivity index (χ1n) is 3.14. The van der Waals surface area contributed by atoms with Crippen molar-refractivity contribution >= 4 is 32.5 Å². The van der Waals surface area contributed by atoms with Crippen LogP contribution in [-0.4, -0.2) is 40.5 Å². The summed E-state index contributed by atoms with van der Waals surface area (Å²) in [6.07, 6.45) is 0.695. The van der Waals surface area contributed by atoms with Crippen LogP contribution < -0.4 is 0 Å². The molecule has 0 spiro atoms. The molecule has 0 aliphatic heterocycles. The maximum atomic E-state index is 11.1. The summed E-state index contributed by atoms with van der Waals surface area (Å²) < 4.78 is 24.8. The zero-order valence-corrected chi connectivity index (χ0v) is 8.42. The normalized spacial score (nSPS) is 11.2. The minimum Gasteiger partial charge on any atom is -0.476 e. The lowest BCUT2D eigenvalue weighted by Crippen LogP contribution is -2.15. The Labute approximate surface area is 82.5 Å². The molecule has 0 saturated heterocycles. The minimum absolute atomic E-state index is 0.442. The Kier molecular flexibility index (Phi) is 2.62. The van der Waals surface area contributed by atoms with E-state index in [-0.39, 0.29) is 0 Å². The number of aromatic carboxylic acids is 1. The highest BCUT2D eigenvalue weighted by Gasteiger charge is 2.28. The lowest BCUT2D eigenvalue weighted by atomic mass is 10.4. The summed E-state index contributed by atoms with van der Waals surface area (Å²) >= 11 is 0.442. The summed E-state index contributed by atoms with van der Waals surface area (Å²) in [5.41, 5.74) is -0.634. The fraction of sp³-hybridized carbons (Fsp3) is 0.200. The highest BCUT2D eigenvalue weighted by molar-refractivity contribution is 8.06. The number of nitrogens with zero attached hydrogens (tertiary/aromatic N) is 2. The highest BCUT2D eigenvalue weighted by atomic mass is 32.2. The van der Waals surface area contributed by atoms with E-state index in [1.54, 1.807) is 0 Å². The maximum Gasteiger partial charge on any atom is 0.358 e. The van der Waals surface area contributed by atoms with Crippen LogP contribution in [0.2, 0.25) is 0 Å². The molecule has 14 heavy (non-hydrogen) atoms. The van der Waals surface area contributed by atoms with Gasteiger partial charge in [0.05, 0.1) is 0 Å². The molecule has 0 amide bonds. The van der Waals surface area contributed by atoms with Crippen LogP contribution in [0.15, 0.2) is 0 Å². The monoisotopic (exact) mass is 236 g/mol. The molecule has 0 unspecified atom stereocenters. The van der Waals surface area contributed by atoms with Crippen LogP contribution in [0.1, 0.15) is 20.2 Å². The van der Waals surface area contributed by atoms with Crippen LogP contribution in [-0.2, 0) is 9.84 Å². The van der Waals surface area contributed by atoms with Crippen molar-refractivity contribution in [2.24, 2.45) is 0 Å². The second kappa shape index (κ2) is 3.42. The molecule has 1 N–H and O–H groups in total. The molecule has 1 heterocycles. The topological polar surface area (TPSA) is 114 Å². The molecule has 1 rings (SSSR count). The third-order valence-electron chi connectivity index (χ3n) is 1.21.